The molecule has 2 unspecified atom stereocenters. The average Bonchev–Trinajstić information content (AvgIpc) is 2.36. The number of rotatable bonds is 2. The largest absolute Gasteiger partial charge is 0.298 e. The third-order valence-corrected chi connectivity index (χ3v) is 3.97. The molecule has 0 amide bonds. The van der Waals surface area contributed by atoms with E-state index in [0.717, 1.165) is 30.8 Å². The van der Waals surface area contributed by atoms with Gasteiger partial charge < -0.3 is 0 Å². The fraction of sp³-hybridized carbons (Fsp3) is 0.533. The molecule has 1 aliphatic heterocycles. The lowest BCUT2D eigenvalue weighted by atomic mass is 10.1. The Bertz CT molecular complexity index is 437. The van der Waals surface area contributed by atoms with Gasteiger partial charge in [0.1, 0.15) is 0 Å². The van der Waals surface area contributed by atoms with Gasteiger partial charge in [-0.1, -0.05) is 18.2 Å². The molecular formula is C15H21N3. The van der Waals surface area contributed by atoms with Gasteiger partial charge in [-0.15, -0.1) is 0 Å². The molecule has 1 fully saturated rings. The Morgan fingerprint density at radius 1 is 1.22 bits per heavy atom. The third kappa shape index (κ3) is 2.72. The van der Waals surface area contributed by atoms with Gasteiger partial charge in [-0.2, -0.15) is 5.26 Å². The van der Waals surface area contributed by atoms with Crippen molar-refractivity contribution in [3.8, 4) is 6.07 Å². The van der Waals surface area contributed by atoms with Crippen LogP contribution < -0.4 is 0 Å². The summed E-state index contributed by atoms with van der Waals surface area (Å²) >= 11 is 0. The second-order valence-electron chi connectivity index (χ2n) is 5.33. The Morgan fingerprint density at radius 2 is 1.83 bits per heavy atom. The smallest absolute Gasteiger partial charge is 0.0995 e. The predicted molar refractivity (Wildman–Crippen MR) is 73.1 cm³/mol. The zero-order chi connectivity index (χ0) is 13.1. The Balaban J connectivity index is 2.08. The molecule has 0 spiro atoms. The van der Waals surface area contributed by atoms with Crippen molar-refractivity contribution in [2.45, 2.75) is 32.5 Å². The lowest BCUT2D eigenvalue weighted by molar-refractivity contribution is 0.0556. The van der Waals surface area contributed by atoms with E-state index in [2.05, 4.69) is 42.8 Å². The minimum Gasteiger partial charge on any atom is -0.298 e. The molecule has 1 saturated heterocycles. The maximum Gasteiger partial charge on any atom is 0.0995 e. The van der Waals surface area contributed by atoms with Crippen molar-refractivity contribution >= 4 is 0 Å². The van der Waals surface area contributed by atoms with Gasteiger partial charge in [0.25, 0.3) is 0 Å². The van der Waals surface area contributed by atoms with Gasteiger partial charge in [0.05, 0.1) is 11.6 Å². The van der Waals surface area contributed by atoms with Crippen LogP contribution in [0.2, 0.25) is 0 Å². The summed E-state index contributed by atoms with van der Waals surface area (Å²) < 4.78 is 0. The predicted octanol–water partition coefficient (Wildman–Crippen LogP) is 2.08. The van der Waals surface area contributed by atoms with Gasteiger partial charge >= 0.3 is 0 Å². The second-order valence-corrected chi connectivity index (χ2v) is 5.33. The lowest BCUT2D eigenvalue weighted by Crippen LogP contribution is -2.54. The molecule has 1 aromatic rings. The van der Waals surface area contributed by atoms with Crippen molar-refractivity contribution in [3.63, 3.8) is 0 Å². The quantitative estimate of drug-likeness (QED) is 0.796. The van der Waals surface area contributed by atoms with Crippen LogP contribution in [-0.2, 0) is 6.54 Å². The van der Waals surface area contributed by atoms with Crippen molar-refractivity contribution in [1.82, 2.24) is 9.80 Å². The highest BCUT2D eigenvalue weighted by Crippen LogP contribution is 2.17. The first-order valence-electron chi connectivity index (χ1n) is 6.54. The fourth-order valence-electron chi connectivity index (χ4n) is 2.65. The number of benzene rings is 1. The van der Waals surface area contributed by atoms with E-state index in [1.54, 1.807) is 0 Å². The Morgan fingerprint density at radius 3 is 2.44 bits per heavy atom. The number of nitriles is 1. The first kappa shape index (κ1) is 13.1. The number of nitrogens with zero attached hydrogens (tertiary/aromatic N) is 3. The first-order chi connectivity index (χ1) is 8.61. The number of hydrogen-bond donors (Lipinski definition) is 0. The van der Waals surface area contributed by atoms with Gasteiger partial charge in [-0.05, 0) is 32.5 Å². The molecule has 0 aliphatic carbocycles. The van der Waals surface area contributed by atoms with Crippen LogP contribution in [0.4, 0.5) is 0 Å². The van der Waals surface area contributed by atoms with Crippen molar-refractivity contribution in [1.29, 1.82) is 5.26 Å². The van der Waals surface area contributed by atoms with Crippen molar-refractivity contribution in [2.24, 2.45) is 0 Å². The van der Waals surface area contributed by atoms with Crippen LogP contribution in [0.15, 0.2) is 24.3 Å². The highest BCUT2D eigenvalue weighted by Gasteiger charge is 2.26. The standard InChI is InChI=1S/C15H21N3/c1-12-9-18(10-13(2)17(12)3)11-15-7-5-4-6-14(15)8-16/h4-7,12-13H,9-11H2,1-3H3. The van der Waals surface area contributed by atoms with Gasteiger partial charge in [-0.3, -0.25) is 9.80 Å². The SMILES string of the molecule is CC1CN(Cc2ccccc2C#N)CC(C)N1C. The zero-order valence-corrected chi connectivity index (χ0v) is 11.4. The van der Waals surface area contributed by atoms with Gasteiger partial charge in [0.15, 0.2) is 0 Å². The average molecular weight is 243 g/mol. The normalized spacial score (nSPS) is 25.9. The molecule has 1 aliphatic rings. The molecule has 3 nitrogen and oxygen atoms in total. The minimum atomic E-state index is 0.572. The first-order valence-corrected chi connectivity index (χ1v) is 6.54. The molecule has 0 bridgehead atoms. The van der Waals surface area contributed by atoms with E-state index >= 15 is 0 Å². The van der Waals surface area contributed by atoms with Crippen molar-refractivity contribution in [2.75, 3.05) is 20.1 Å². The van der Waals surface area contributed by atoms with Crippen LogP contribution in [-0.4, -0.2) is 42.0 Å². The maximum atomic E-state index is 9.12. The second kappa shape index (κ2) is 5.51. The Labute approximate surface area is 110 Å². The molecule has 0 saturated carbocycles. The topological polar surface area (TPSA) is 30.3 Å². The summed E-state index contributed by atoms with van der Waals surface area (Å²) in [7, 11) is 2.19. The van der Waals surface area contributed by atoms with Crippen LogP contribution in [0.25, 0.3) is 0 Å². The summed E-state index contributed by atoms with van der Waals surface area (Å²) in [5.41, 5.74) is 1.95. The van der Waals surface area contributed by atoms with E-state index in [-0.39, 0.29) is 0 Å². The molecule has 2 rings (SSSR count). The molecule has 0 N–H and O–H groups in total. The molecule has 3 heteroatoms. The van der Waals surface area contributed by atoms with E-state index in [1.165, 1.54) is 0 Å². The molecule has 1 heterocycles. The molecule has 96 valence electrons. The summed E-state index contributed by atoms with van der Waals surface area (Å²) in [4.78, 5) is 4.87. The van der Waals surface area contributed by atoms with Crippen LogP contribution >= 0.6 is 0 Å². The molecule has 1 aromatic carbocycles. The molecule has 0 radical (unpaired) electrons. The summed E-state index contributed by atoms with van der Waals surface area (Å²) in [6.07, 6.45) is 0. The van der Waals surface area contributed by atoms with E-state index < -0.39 is 0 Å². The van der Waals surface area contributed by atoms with Gasteiger partial charge in [0, 0.05) is 31.7 Å². The molecule has 0 aromatic heterocycles. The van der Waals surface area contributed by atoms with Gasteiger partial charge in [-0.25, -0.2) is 0 Å². The third-order valence-electron chi connectivity index (χ3n) is 3.97. The van der Waals surface area contributed by atoms with Crippen LogP contribution in [0.1, 0.15) is 25.0 Å². The van der Waals surface area contributed by atoms with E-state index in [1.807, 2.05) is 18.2 Å². The summed E-state index contributed by atoms with van der Waals surface area (Å²) in [6, 6.07) is 11.3. The highest BCUT2D eigenvalue weighted by molar-refractivity contribution is 5.37. The summed E-state index contributed by atoms with van der Waals surface area (Å²) in [5, 5.41) is 9.12. The Hall–Kier alpha value is -1.37. The van der Waals surface area contributed by atoms with E-state index in [4.69, 9.17) is 5.26 Å². The summed E-state index contributed by atoms with van der Waals surface area (Å²) in [5.74, 6) is 0. The maximum absolute atomic E-state index is 9.12. The highest BCUT2D eigenvalue weighted by atomic mass is 15.3. The van der Waals surface area contributed by atoms with Gasteiger partial charge in [0.2, 0.25) is 0 Å². The Kier molecular flexibility index (Phi) is 4.00. The number of likely N-dealkylation sites (N-methyl/N-ethyl adjacent to an activating group) is 1. The number of piperazine rings is 1. The summed E-state index contributed by atoms with van der Waals surface area (Å²) in [6.45, 7) is 7.55. The minimum absolute atomic E-state index is 0.572. The van der Waals surface area contributed by atoms with E-state index in [9.17, 15) is 0 Å². The van der Waals surface area contributed by atoms with Crippen molar-refractivity contribution in [3.05, 3.63) is 35.4 Å². The lowest BCUT2D eigenvalue weighted by Gasteiger charge is -2.42. The molecular weight excluding hydrogens is 222 g/mol. The molecule has 2 atom stereocenters. The molecule has 18 heavy (non-hydrogen) atoms. The van der Waals surface area contributed by atoms with Crippen LogP contribution in [0.3, 0.4) is 0 Å². The fourth-order valence-corrected chi connectivity index (χ4v) is 2.65. The number of hydrogen-bond acceptors (Lipinski definition) is 3. The van der Waals surface area contributed by atoms with Crippen molar-refractivity contribution < 1.29 is 0 Å². The monoisotopic (exact) mass is 243 g/mol. The zero-order valence-electron chi connectivity index (χ0n) is 11.4. The van der Waals surface area contributed by atoms with E-state index in [0.29, 0.717) is 12.1 Å². The van der Waals surface area contributed by atoms with Crippen LogP contribution in [0, 0.1) is 11.3 Å². The van der Waals surface area contributed by atoms with Crippen LogP contribution in [0.5, 0.6) is 0 Å².